The van der Waals surface area contributed by atoms with E-state index < -0.39 is 42.0 Å². The fraction of sp³-hybridized carbons (Fsp3) is 0.478. The molecule has 2 N–H and O–H groups in total. The number of aromatic amines is 1. The molecule has 3 heterocycles. The van der Waals surface area contributed by atoms with Gasteiger partial charge in [0.25, 0.3) is 0 Å². The lowest BCUT2D eigenvalue weighted by atomic mass is 9.51. The number of hydrogen-bond donors (Lipinski definition) is 2. The molecule has 0 radical (unpaired) electrons. The molecule has 2 aliphatic carbocycles. The minimum atomic E-state index is -1.69. The molecule has 4 aliphatic rings. The molecule has 1 aromatic heterocycles. The van der Waals surface area contributed by atoms with Gasteiger partial charge in [-0.05, 0) is 68.5 Å². The van der Waals surface area contributed by atoms with Crippen LogP contribution in [0.3, 0.4) is 0 Å². The van der Waals surface area contributed by atoms with Crippen LogP contribution in [0.2, 0.25) is 0 Å². The van der Waals surface area contributed by atoms with Gasteiger partial charge in [-0.1, -0.05) is 60.7 Å². The fourth-order valence-electron chi connectivity index (χ4n) is 10.6. The Hall–Kier alpha value is -5.20. The molecule has 4 aromatic rings. The van der Waals surface area contributed by atoms with Crippen molar-refractivity contribution in [3.63, 3.8) is 0 Å². The van der Waals surface area contributed by atoms with Gasteiger partial charge in [0.2, 0.25) is 5.60 Å². The summed E-state index contributed by atoms with van der Waals surface area (Å²) >= 11 is 0. The van der Waals surface area contributed by atoms with Crippen molar-refractivity contribution < 1.29 is 47.3 Å². The van der Waals surface area contributed by atoms with Gasteiger partial charge in [-0.3, -0.25) is 9.59 Å². The van der Waals surface area contributed by atoms with Crippen molar-refractivity contribution in [2.75, 3.05) is 26.4 Å². The van der Waals surface area contributed by atoms with E-state index in [9.17, 15) is 19.2 Å². The second kappa shape index (κ2) is 15.9. The Kier molecular flexibility index (Phi) is 10.8. The minimum absolute atomic E-state index is 0.215. The molecule has 3 aromatic carbocycles. The smallest absolute Gasteiger partial charge is 0.407 e. The van der Waals surface area contributed by atoms with Crippen LogP contribution >= 0.6 is 0 Å². The third-order valence-corrected chi connectivity index (χ3v) is 12.9. The summed E-state index contributed by atoms with van der Waals surface area (Å²) in [7, 11) is 0. The van der Waals surface area contributed by atoms with Gasteiger partial charge in [-0.25, -0.2) is 9.59 Å². The number of benzene rings is 3. The molecule has 8 rings (SSSR count). The first-order valence-electron chi connectivity index (χ1n) is 20.7. The number of esters is 3. The average molecular weight is 793 g/mol. The first-order valence-corrected chi connectivity index (χ1v) is 20.7. The van der Waals surface area contributed by atoms with Gasteiger partial charge in [0.15, 0.2) is 6.79 Å². The number of carbonyl (C=O) groups excluding carboxylic acids is 4. The second-order valence-corrected chi connectivity index (χ2v) is 17.4. The van der Waals surface area contributed by atoms with E-state index in [1.54, 1.807) is 39.0 Å². The molecule has 58 heavy (non-hydrogen) atoms. The fourth-order valence-corrected chi connectivity index (χ4v) is 10.6. The van der Waals surface area contributed by atoms with Crippen LogP contribution in [-0.2, 0) is 45.4 Å². The van der Waals surface area contributed by atoms with Crippen molar-refractivity contribution in [3.05, 3.63) is 102 Å². The van der Waals surface area contributed by atoms with Gasteiger partial charge in [0.1, 0.15) is 29.5 Å². The molecule has 1 amide bonds. The number of amides is 1. The standard InChI is InChI=1S/C46H53N3O9/c1-44(2,3)58-43(53)47-23-21-31-29-48-37-17-16-34(26-36(31)37)56-41(51)19-18-40(50)54-30-55-46(32-12-6-4-7-13-32,33-14-8-5-9-15-33)42(52)57-35-27-39-45(28-35)22-20-38(45)49(39)24-10-11-25-49/h4-9,12-17,26,29,35,38-39,48H,10-11,18-25,27-28,30H2,1-3H3/p+1. The monoisotopic (exact) mass is 792 g/mol. The van der Waals surface area contributed by atoms with Crippen molar-refractivity contribution in [2.24, 2.45) is 5.41 Å². The van der Waals surface area contributed by atoms with Crippen LogP contribution in [-0.4, -0.2) is 83.7 Å². The molecule has 2 saturated heterocycles. The maximum Gasteiger partial charge on any atom is 0.407 e. The molecule has 12 heteroatoms. The van der Waals surface area contributed by atoms with Crippen molar-refractivity contribution in [3.8, 4) is 5.75 Å². The normalized spacial score (nSPS) is 22.9. The molecule has 4 atom stereocenters. The Bertz CT molecular complexity index is 2100. The van der Waals surface area contributed by atoms with Crippen molar-refractivity contribution in [1.82, 2.24) is 10.3 Å². The lowest BCUT2D eigenvalue weighted by Gasteiger charge is -2.71. The van der Waals surface area contributed by atoms with Crippen molar-refractivity contribution in [1.29, 1.82) is 0 Å². The molecule has 2 aliphatic heterocycles. The van der Waals surface area contributed by atoms with E-state index >= 15 is 0 Å². The Morgan fingerprint density at radius 2 is 1.57 bits per heavy atom. The number of quaternary nitrogens is 1. The Morgan fingerprint density at radius 3 is 2.22 bits per heavy atom. The highest BCUT2D eigenvalue weighted by Gasteiger charge is 2.80. The van der Waals surface area contributed by atoms with Gasteiger partial charge in [0.05, 0.1) is 31.3 Å². The van der Waals surface area contributed by atoms with E-state index in [1.165, 1.54) is 43.3 Å². The molecule has 4 fully saturated rings. The molecule has 12 nitrogen and oxygen atoms in total. The number of carbonyl (C=O) groups is 4. The number of nitrogens with one attached hydrogen (secondary N) is 2. The quantitative estimate of drug-likeness (QED) is 0.0445. The highest BCUT2D eigenvalue weighted by Crippen LogP contribution is 2.70. The van der Waals surface area contributed by atoms with E-state index in [2.05, 4.69) is 10.3 Å². The predicted molar refractivity (Wildman–Crippen MR) is 214 cm³/mol. The maximum atomic E-state index is 14.7. The van der Waals surface area contributed by atoms with Crippen LogP contribution in [0.15, 0.2) is 85.1 Å². The Labute approximate surface area is 339 Å². The van der Waals surface area contributed by atoms with Crippen LogP contribution in [0.4, 0.5) is 4.79 Å². The van der Waals surface area contributed by atoms with Crippen LogP contribution in [0.5, 0.6) is 5.75 Å². The number of nitrogens with zero attached hydrogens (tertiary/aromatic N) is 1. The van der Waals surface area contributed by atoms with Crippen LogP contribution in [0.1, 0.15) is 88.8 Å². The molecular weight excluding hydrogens is 739 g/mol. The highest BCUT2D eigenvalue weighted by molar-refractivity contribution is 5.87. The van der Waals surface area contributed by atoms with E-state index in [0.29, 0.717) is 41.9 Å². The van der Waals surface area contributed by atoms with E-state index in [-0.39, 0.29) is 24.4 Å². The topological polar surface area (TPSA) is 142 Å². The van der Waals surface area contributed by atoms with E-state index in [1.807, 2.05) is 66.9 Å². The third-order valence-electron chi connectivity index (χ3n) is 12.9. The third kappa shape index (κ3) is 7.48. The van der Waals surface area contributed by atoms with E-state index in [0.717, 1.165) is 29.3 Å². The van der Waals surface area contributed by atoms with Crippen LogP contribution in [0.25, 0.3) is 10.9 Å². The number of ether oxygens (including phenoxy) is 5. The predicted octanol–water partition coefficient (Wildman–Crippen LogP) is 7.23. The first kappa shape index (κ1) is 39.6. The summed E-state index contributed by atoms with van der Waals surface area (Å²) in [6, 6.07) is 24.9. The first-order chi connectivity index (χ1) is 27.9. The maximum absolute atomic E-state index is 14.7. The summed E-state index contributed by atoms with van der Waals surface area (Å²) in [6.07, 6.45) is 7.95. The molecule has 306 valence electrons. The van der Waals surface area contributed by atoms with Gasteiger partial charge >= 0.3 is 24.0 Å². The zero-order valence-corrected chi connectivity index (χ0v) is 33.6. The summed E-state index contributed by atoms with van der Waals surface area (Å²) in [5.41, 5.74) is 0.911. The zero-order valence-electron chi connectivity index (χ0n) is 33.6. The zero-order chi connectivity index (χ0) is 40.5. The number of piperidine rings is 1. The van der Waals surface area contributed by atoms with Crippen molar-refractivity contribution in [2.45, 2.75) is 108 Å². The van der Waals surface area contributed by atoms with Crippen LogP contribution < -0.4 is 10.1 Å². The number of H-pyrrole nitrogens is 1. The SMILES string of the molecule is CC(C)(C)OC(=O)NCCc1c[nH]c2ccc(OC(=O)CCC(=O)OCOC(C(=O)OC3CC4C5(CCC5[N+]45CCCC5)C3)(c3ccccc3)c3ccccc3)cc12. The lowest BCUT2D eigenvalue weighted by molar-refractivity contribution is -1.04. The lowest BCUT2D eigenvalue weighted by Crippen LogP contribution is -2.84. The van der Waals surface area contributed by atoms with Crippen LogP contribution in [0, 0.1) is 5.41 Å². The summed E-state index contributed by atoms with van der Waals surface area (Å²) < 4.78 is 30.5. The summed E-state index contributed by atoms with van der Waals surface area (Å²) in [5, 5.41) is 3.60. The highest BCUT2D eigenvalue weighted by atomic mass is 16.7. The molecule has 0 bridgehead atoms. The van der Waals surface area contributed by atoms with Gasteiger partial charge in [0, 0.05) is 55.7 Å². The number of alkyl carbamates (subject to hydrolysis) is 1. The Morgan fingerprint density at radius 1 is 0.879 bits per heavy atom. The van der Waals surface area contributed by atoms with Gasteiger partial charge in [-0.15, -0.1) is 0 Å². The number of hydrogen-bond acceptors (Lipinski definition) is 9. The second-order valence-electron chi connectivity index (χ2n) is 17.4. The molecular formula is C46H54N3O9+. The van der Waals surface area contributed by atoms with Gasteiger partial charge in [-0.2, -0.15) is 0 Å². The van der Waals surface area contributed by atoms with Crippen molar-refractivity contribution >= 4 is 34.9 Å². The summed E-state index contributed by atoms with van der Waals surface area (Å²) in [4.78, 5) is 55.8. The molecule has 2 spiro atoms. The Balaban J connectivity index is 0.884. The van der Waals surface area contributed by atoms with Gasteiger partial charge < -0.3 is 38.5 Å². The number of rotatable bonds is 14. The molecule has 2 saturated carbocycles. The number of fused-ring (bicyclic) bond motifs is 3. The summed E-state index contributed by atoms with van der Waals surface area (Å²) in [5.74, 6) is -1.49. The molecule has 4 unspecified atom stereocenters. The van der Waals surface area contributed by atoms with E-state index in [4.69, 9.17) is 23.7 Å². The number of aromatic nitrogens is 1. The largest absolute Gasteiger partial charge is 0.459 e. The summed E-state index contributed by atoms with van der Waals surface area (Å²) in [6.45, 7) is 7.72. The average Bonchev–Trinajstić information content (AvgIpc) is 3.94. The minimum Gasteiger partial charge on any atom is -0.459 e.